The summed E-state index contributed by atoms with van der Waals surface area (Å²) in [5, 5.41) is 22.0. The fourth-order valence-electron chi connectivity index (χ4n) is 1.14. The molecule has 1 heterocycles. The van der Waals surface area contributed by atoms with E-state index in [0.29, 0.717) is 0 Å². The summed E-state index contributed by atoms with van der Waals surface area (Å²) in [7, 11) is 0. The molecule has 0 aromatic heterocycles. The summed E-state index contributed by atoms with van der Waals surface area (Å²) in [5.41, 5.74) is 8.10. The van der Waals surface area contributed by atoms with Gasteiger partial charge in [-0.25, -0.2) is 0 Å². The third kappa shape index (κ3) is 2.09. The molecule has 6 nitrogen and oxygen atoms in total. The SMILES string of the molecule is CC1(O)C[C@H](O)[C@H](N=[N+]=[N-])CO1. The number of aliphatic hydroxyl groups excluding tert-OH is 1. The second-order valence-electron chi connectivity index (χ2n) is 3.03. The lowest BCUT2D eigenvalue weighted by Gasteiger charge is -2.34. The molecule has 0 bridgehead atoms. The molecule has 0 aliphatic carbocycles. The monoisotopic (exact) mass is 173 g/mol. The zero-order chi connectivity index (χ0) is 9.19. The van der Waals surface area contributed by atoms with Crippen LogP contribution in [0.5, 0.6) is 0 Å². The lowest BCUT2D eigenvalue weighted by atomic mass is 10.0. The predicted octanol–water partition coefficient (Wildman–Crippen LogP) is 0.155. The molecule has 0 spiro atoms. The maximum atomic E-state index is 9.33. The lowest BCUT2D eigenvalue weighted by Crippen LogP contribution is -2.46. The van der Waals surface area contributed by atoms with Crippen LogP contribution >= 0.6 is 0 Å². The van der Waals surface area contributed by atoms with Gasteiger partial charge in [0, 0.05) is 11.3 Å². The first-order chi connectivity index (χ1) is 5.55. The van der Waals surface area contributed by atoms with Gasteiger partial charge in [0.2, 0.25) is 0 Å². The highest BCUT2D eigenvalue weighted by Crippen LogP contribution is 2.23. The molecule has 3 atom stereocenters. The van der Waals surface area contributed by atoms with Gasteiger partial charge in [-0.15, -0.1) is 0 Å². The molecule has 1 unspecified atom stereocenters. The van der Waals surface area contributed by atoms with Gasteiger partial charge in [0.25, 0.3) is 0 Å². The molecule has 1 rings (SSSR count). The lowest BCUT2D eigenvalue weighted by molar-refractivity contribution is -0.236. The molecule has 0 aromatic carbocycles. The van der Waals surface area contributed by atoms with Crippen LogP contribution in [0.4, 0.5) is 0 Å². The van der Waals surface area contributed by atoms with E-state index in [1.807, 2.05) is 0 Å². The normalized spacial score (nSPS) is 41.9. The smallest absolute Gasteiger partial charge is 0.165 e. The molecule has 1 fully saturated rings. The van der Waals surface area contributed by atoms with Crippen LogP contribution in [0, 0.1) is 0 Å². The highest BCUT2D eigenvalue weighted by molar-refractivity contribution is 4.84. The highest BCUT2D eigenvalue weighted by atomic mass is 16.6. The average Bonchev–Trinajstić information content (AvgIpc) is 1.94. The van der Waals surface area contributed by atoms with Crippen molar-refractivity contribution in [2.45, 2.75) is 31.3 Å². The number of aliphatic hydroxyl groups is 2. The number of hydrogen-bond acceptors (Lipinski definition) is 4. The van der Waals surface area contributed by atoms with Gasteiger partial charge in [-0.3, -0.25) is 0 Å². The molecule has 0 amide bonds. The second-order valence-corrected chi connectivity index (χ2v) is 3.03. The summed E-state index contributed by atoms with van der Waals surface area (Å²) in [6.45, 7) is 1.51. The fourth-order valence-corrected chi connectivity index (χ4v) is 1.14. The van der Waals surface area contributed by atoms with Crippen molar-refractivity contribution in [1.29, 1.82) is 0 Å². The second kappa shape index (κ2) is 3.28. The number of azide groups is 1. The van der Waals surface area contributed by atoms with E-state index in [4.69, 9.17) is 10.3 Å². The molecule has 1 saturated heterocycles. The Bertz CT molecular complexity index is 212. The maximum absolute atomic E-state index is 9.33. The Hall–Kier alpha value is -0.810. The summed E-state index contributed by atoms with van der Waals surface area (Å²) >= 11 is 0. The standard InChI is InChI=1S/C6H11N3O3/c1-6(11)2-5(10)4(3-12-6)8-9-7/h4-5,10-11H,2-3H2,1H3/t4-,5+,6?/m1/s1. The zero-order valence-corrected chi connectivity index (χ0v) is 6.71. The number of hydrogen-bond donors (Lipinski definition) is 2. The van der Waals surface area contributed by atoms with Crippen molar-refractivity contribution in [3.8, 4) is 0 Å². The molecule has 0 radical (unpaired) electrons. The predicted molar refractivity (Wildman–Crippen MR) is 40.1 cm³/mol. The van der Waals surface area contributed by atoms with E-state index in [9.17, 15) is 10.2 Å². The van der Waals surface area contributed by atoms with Gasteiger partial charge < -0.3 is 14.9 Å². The molecule has 68 valence electrons. The van der Waals surface area contributed by atoms with Crippen LogP contribution < -0.4 is 0 Å². The van der Waals surface area contributed by atoms with Crippen molar-refractivity contribution in [2.75, 3.05) is 6.61 Å². The summed E-state index contributed by atoms with van der Waals surface area (Å²) in [6.07, 6.45) is -0.763. The molecule has 1 aliphatic rings. The Balaban J connectivity index is 2.59. The van der Waals surface area contributed by atoms with Crippen LogP contribution in [0.1, 0.15) is 13.3 Å². The molecular weight excluding hydrogens is 162 g/mol. The number of rotatable bonds is 1. The summed E-state index contributed by atoms with van der Waals surface area (Å²) in [5.74, 6) is -1.30. The maximum Gasteiger partial charge on any atom is 0.165 e. The summed E-state index contributed by atoms with van der Waals surface area (Å²) in [4.78, 5) is 2.56. The fraction of sp³-hybridized carbons (Fsp3) is 1.00. The van der Waals surface area contributed by atoms with E-state index in [1.165, 1.54) is 6.92 Å². The first-order valence-corrected chi connectivity index (χ1v) is 3.64. The van der Waals surface area contributed by atoms with Crippen molar-refractivity contribution < 1.29 is 14.9 Å². The first-order valence-electron chi connectivity index (χ1n) is 3.64. The van der Waals surface area contributed by atoms with Crippen LogP contribution in [-0.2, 0) is 4.74 Å². The molecule has 0 saturated carbocycles. The van der Waals surface area contributed by atoms with E-state index < -0.39 is 17.9 Å². The molecular formula is C6H11N3O3. The Labute approximate surface area is 69.4 Å². The van der Waals surface area contributed by atoms with Gasteiger partial charge in [-0.05, 0) is 12.5 Å². The quantitative estimate of drug-likeness (QED) is 0.335. The van der Waals surface area contributed by atoms with Gasteiger partial charge >= 0.3 is 0 Å². The minimum atomic E-state index is -1.30. The van der Waals surface area contributed by atoms with E-state index in [-0.39, 0.29) is 13.0 Å². The van der Waals surface area contributed by atoms with Gasteiger partial charge in [-0.2, -0.15) is 0 Å². The Morgan fingerprint density at radius 3 is 2.92 bits per heavy atom. The van der Waals surface area contributed by atoms with E-state index in [2.05, 4.69) is 10.0 Å². The minimum absolute atomic E-state index is 0.0538. The van der Waals surface area contributed by atoms with Crippen molar-refractivity contribution >= 4 is 0 Å². The Morgan fingerprint density at radius 2 is 2.42 bits per heavy atom. The third-order valence-corrected chi connectivity index (χ3v) is 1.80. The summed E-state index contributed by atoms with van der Waals surface area (Å²) in [6, 6.07) is -0.588. The van der Waals surface area contributed by atoms with Gasteiger partial charge in [-0.1, -0.05) is 5.11 Å². The zero-order valence-electron chi connectivity index (χ0n) is 6.71. The molecule has 12 heavy (non-hydrogen) atoms. The van der Waals surface area contributed by atoms with Crippen molar-refractivity contribution in [1.82, 2.24) is 0 Å². The molecule has 1 aliphatic heterocycles. The van der Waals surface area contributed by atoms with E-state index in [1.54, 1.807) is 0 Å². The Morgan fingerprint density at radius 1 is 1.75 bits per heavy atom. The van der Waals surface area contributed by atoms with Crippen LogP contribution in [0.3, 0.4) is 0 Å². The van der Waals surface area contributed by atoms with Crippen LogP contribution in [-0.4, -0.2) is 34.8 Å². The average molecular weight is 173 g/mol. The topological polar surface area (TPSA) is 98.5 Å². The van der Waals surface area contributed by atoms with Crippen molar-refractivity contribution in [3.05, 3.63) is 10.4 Å². The van der Waals surface area contributed by atoms with E-state index in [0.717, 1.165) is 0 Å². The molecule has 6 heteroatoms. The van der Waals surface area contributed by atoms with Crippen LogP contribution in [0.25, 0.3) is 10.4 Å². The van der Waals surface area contributed by atoms with Gasteiger partial charge in [0.1, 0.15) is 0 Å². The van der Waals surface area contributed by atoms with Crippen LogP contribution in [0.2, 0.25) is 0 Å². The minimum Gasteiger partial charge on any atom is -0.392 e. The first kappa shape index (κ1) is 9.28. The molecule has 2 N–H and O–H groups in total. The van der Waals surface area contributed by atoms with Crippen molar-refractivity contribution in [3.63, 3.8) is 0 Å². The molecule has 0 aromatic rings. The van der Waals surface area contributed by atoms with E-state index >= 15 is 0 Å². The number of nitrogens with zero attached hydrogens (tertiary/aromatic N) is 3. The summed E-state index contributed by atoms with van der Waals surface area (Å²) < 4.78 is 4.93. The Kier molecular flexibility index (Phi) is 2.54. The third-order valence-electron chi connectivity index (χ3n) is 1.80. The largest absolute Gasteiger partial charge is 0.392 e. The van der Waals surface area contributed by atoms with Gasteiger partial charge in [0.05, 0.1) is 18.8 Å². The number of ether oxygens (including phenoxy) is 1. The van der Waals surface area contributed by atoms with Crippen LogP contribution in [0.15, 0.2) is 5.11 Å². The van der Waals surface area contributed by atoms with Crippen molar-refractivity contribution in [2.24, 2.45) is 5.11 Å². The highest BCUT2D eigenvalue weighted by Gasteiger charge is 2.35. The van der Waals surface area contributed by atoms with Gasteiger partial charge in [0.15, 0.2) is 5.79 Å².